The maximum Gasteiger partial charge on any atom is 0.306 e. The first-order chi connectivity index (χ1) is 8.02. The molecular weight excluding hydrogens is 222 g/mol. The summed E-state index contributed by atoms with van der Waals surface area (Å²) in [5.74, 6) is -0.847. The van der Waals surface area contributed by atoms with E-state index in [1.165, 1.54) is 4.57 Å². The molecule has 0 aliphatic rings. The molecule has 0 aromatic carbocycles. The fourth-order valence-corrected chi connectivity index (χ4v) is 1.36. The highest BCUT2D eigenvalue weighted by Crippen LogP contribution is 2.05. The number of carbonyl (C=O) groups is 1. The number of carboxylic acid groups (broad SMARTS) is 1. The maximum atomic E-state index is 11.5. The second kappa shape index (κ2) is 6.03. The van der Waals surface area contributed by atoms with E-state index in [-0.39, 0.29) is 11.5 Å². The molecular formula is C11H17N3O3. The zero-order valence-corrected chi connectivity index (χ0v) is 10.0. The number of carboxylic acids is 1. The minimum Gasteiger partial charge on any atom is -0.481 e. The lowest BCUT2D eigenvalue weighted by atomic mass is 10.1. The summed E-state index contributed by atoms with van der Waals surface area (Å²) in [6.45, 7) is 2.21. The normalized spacial score (nSPS) is 12.1. The predicted molar refractivity (Wildman–Crippen MR) is 64.0 cm³/mol. The van der Waals surface area contributed by atoms with Crippen molar-refractivity contribution in [3.8, 4) is 0 Å². The Balaban J connectivity index is 2.39. The lowest BCUT2D eigenvalue weighted by molar-refractivity contribution is -0.141. The third kappa shape index (κ3) is 3.90. The lowest BCUT2D eigenvalue weighted by Crippen LogP contribution is -2.22. The summed E-state index contributed by atoms with van der Waals surface area (Å²) in [6, 6.07) is 0. The van der Waals surface area contributed by atoms with Crippen molar-refractivity contribution in [3.05, 3.63) is 22.7 Å². The van der Waals surface area contributed by atoms with Gasteiger partial charge in [-0.3, -0.25) is 9.59 Å². The predicted octanol–water partition coefficient (Wildman–Crippen LogP) is 0.693. The van der Waals surface area contributed by atoms with E-state index in [0.29, 0.717) is 25.2 Å². The first kappa shape index (κ1) is 13.2. The molecule has 0 bridgehead atoms. The van der Waals surface area contributed by atoms with E-state index in [1.807, 2.05) is 0 Å². The number of anilines is 1. The van der Waals surface area contributed by atoms with E-state index < -0.39 is 5.97 Å². The Bertz CT molecular complexity index is 442. The summed E-state index contributed by atoms with van der Waals surface area (Å²) >= 11 is 0. The minimum absolute atomic E-state index is 0.182. The Morgan fingerprint density at radius 1 is 1.65 bits per heavy atom. The molecule has 0 saturated carbocycles. The van der Waals surface area contributed by atoms with Gasteiger partial charge in [0.15, 0.2) is 5.82 Å². The number of nitrogens with zero attached hydrogens (tertiary/aromatic N) is 2. The summed E-state index contributed by atoms with van der Waals surface area (Å²) in [5.41, 5.74) is -0.182. The Morgan fingerprint density at radius 3 is 3.00 bits per heavy atom. The number of nitrogens with one attached hydrogen (secondary N) is 1. The van der Waals surface area contributed by atoms with Crippen molar-refractivity contribution in [2.45, 2.75) is 19.8 Å². The number of hydrogen-bond acceptors (Lipinski definition) is 4. The Kier molecular flexibility index (Phi) is 4.68. The summed E-state index contributed by atoms with van der Waals surface area (Å²) in [4.78, 5) is 26.1. The van der Waals surface area contributed by atoms with Gasteiger partial charge in [0, 0.05) is 26.0 Å². The van der Waals surface area contributed by atoms with Crippen LogP contribution in [0, 0.1) is 5.92 Å². The van der Waals surface area contributed by atoms with Crippen LogP contribution in [-0.2, 0) is 11.8 Å². The van der Waals surface area contributed by atoms with Gasteiger partial charge in [0.05, 0.1) is 5.92 Å². The van der Waals surface area contributed by atoms with Crippen LogP contribution in [0.2, 0.25) is 0 Å². The maximum absolute atomic E-state index is 11.5. The fourth-order valence-electron chi connectivity index (χ4n) is 1.36. The van der Waals surface area contributed by atoms with Gasteiger partial charge in [-0.2, -0.15) is 0 Å². The van der Waals surface area contributed by atoms with E-state index in [2.05, 4.69) is 10.3 Å². The SMILES string of the molecule is CC(CCCNc1nccn(C)c1=O)C(=O)O. The topological polar surface area (TPSA) is 84.2 Å². The van der Waals surface area contributed by atoms with Gasteiger partial charge in [0.1, 0.15) is 0 Å². The molecule has 0 radical (unpaired) electrons. The van der Waals surface area contributed by atoms with E-state index in [1.54, 1.807) is 26.4 Å². The van der Waals surface area contributed by atoms with Crippen molar-refractivity contribution >= 4 is 11.8 Å². The molecule has 0 spiro atoms. The van der Waals surface area contributed by atoms with Gasteiger partial charge in [0.25, 0.3) is 5.56 Å². The van der Waals surface area contributed by atoms with Gasteiger partial charge in [0.2, 0.25) is 0 Å². The van der Waals surface area contributed by atoms with E-state index in [4.69, 9.17) is 5.11 Å². The van der Waals surface area contributed by atoms with Crippen molar-refractivity contribution in [3.63, 3.8) is 0 Å². The summed E-state index contributed by atoms with van der Waals surface area (Å²) in [7, 11) is 1.65. The molecule has 0 aliphatic carbocycles. The molecule has 0 amide bonds. The summed E-state index contributed by atoms with van der Waals surface area (Å²) in [6.07, 6.45) is 4.40. The molecule has 2 N–H and O–H groups in total. The molecule has 1 heterocycles. The Morgan fingerprint density at radius 2 is 2.35 bits per heavy atom. The third-order valence-corrected chi connectivity index (χ3v) is 2.54. The number of aliphatic carboxylic acids is 1. The van der Waals surface area contributed by atoms with E-state index in [9.17, 15) is 9.59 Å². The number of rotatable bonds is 6. The number of hydrogen-bond donors (Lipinski definition) is 2. The molecule has 0 aliphatic heterocycles. The van der Waals surface area contributed by atoms with Gasteiger partial charge in [-0.1, -0.05) is 6.92 Å². The van der Waals surface area contributed by atoms with Crippen LogP contribution in [0.25, 0.3) is 0 Å². The highest BCUT2D eigenvalue weighted by atomic mass is 16.4. The van der Waals surface area contributed by atoms with Gasteiger partial charge in [-0.15, -0.1) is 0 Å². The van der Waals surface area contributed by atoms with Crippen LogP contribution < -0.4 is 10.9 Å². The molecule has 1 rings (SSSR count). The molecule has 0 saturated heterocycles. The molecule has 1 aromatic heterocycles. The Hall–Kier alpha value is -1.85. The number of aryl methyl sites for hydroxylation is 1. The minimum atomic E-state index is -0.793. The zero-order chi connectivity index (χ0) is 12.8. The van der Waals surface area contributed by atoms with Crippen molar-refractivity contribution in [1.82, 2.24) is 9.55 Å². The molecule has 1 aromatic rings. The van der Waals surface area contributed by atoms with Gasteiger partial charge < -0.3 is 15.0 Å². The van der Waals surface area contributed by atoms with Crippen molar-refractivity contribution < 1.29 is 9.90 Å². The van der Waals surface area contributed by atoms with E-state index >= 15 is 0 Å². The smallest absolute Gasteiger partial charge is 0.306 e. The highest BCUT2D eigenvalue weighted by molar-refractivity contribution is 5.69. The second-order valence-corrected chi connectivity index (χ2v) is 4.00. The van der Waals surface area contributed by atoms with Crippen LogP contribution >= 0.6 is 0 Å². The first-order valence-corrected chi connectivity index (χ1v) is 5.50. The van der Waals surface area contributed by atoms with Crippen LogP contribution in [0.4, 0.5) is 5.82 Å². The van der Waals surface area contributed by atoms with Gasteiger partial charge >= 0.3 is 5.97 Å². The fraction of sp³-hybridized carbons (Fsp3) is 0.545. The third-order valence-electron chi connectivity index (χ3n) is 2.54. The second-order valence-electron chi connectivity index (χ2n) is 4.00. The average molecular weight is 239 g/mol. The van der Waals surface area contributed by atoms with Crippen molar-refractivity contribution in [2.24, 2.45) is 13.0 Å². The van der Waals surface area contributed by atoms with Gasteiger partial charge in [-0.05, 0) is 12.8 Å². The standard InChI is InChI=1S/C11H17N3O3/c1-8(11(16)17)4-3-5-12-9-10(15)14(2)7-6-13-9/h6-8H,3-5H2,1-2H3,(H,12,13)(H,16,17). The van der Waals surface area contributed by atoms with Crippen LogP contribution in [0.3, 0.4) is 0 Å². The molecule has 6 nitrogen and oxygen atoms in total. The van der Waals surface area contributed by atoms with Crippen LogP contribution in [-0.4, -0.2) is 27.2 Å². The van der Waals surface area contributed by atoms with Crippen molar-refractivity contribution in [1.29, 1.82) is 0 Å². The lowest BCUT2D eigenvalue weighted by Gasteiger charge is -2.07. The van der Waals surface area contributed by atoms with Crippen LogP contribution in [0.1, 0.15) is 19.8 Å². The molecule has 1 unspecified atom stereocenters. The molecule has 94 valence electrons. The molecule has 0 fully saturated rings. The van der Waals surface area contributed by atoms with Crippen LogP contribution in [0.15, 0.2) is 17.2 Å². The zero-order valence-electron chi connectivity index (χ0n) is 10.0. The molecule has 6 heteroatoms. The molecule has 17 heavy (non-hydrogen) atoms. The molecule has 1 atom stereocenters. The quantitative estimate of drug-likeness (QED) is 0.714. The first-order valence-electron chi connectivity index (χ1n) is 5.50. The summed E-state index contributed by atoms with van der Waals surface area (Å²) in [5, 5.41) is 11.6. The average Bonchev–Trinajstić information content (AvgIpc) is 2.29. The monoisotopic (exact) mass is 239 g/mol. The summed E-state index contributed by atoms with van der Waals surface area (Å²) < 4.78 is 1.44. The van der Waals surface area contributed by atoms with Crippen LogP contribution in [0.5, 0.6) is 0 Å². The van der Waals surface area contributed by atoms with Gasteiger partial charge in [-0.25, -0.2) is 4.98 Å². The number of aromatic nitrogens is 2. The highest BCUT2D eigenvalue weighted by Gasteiger charge is 2.09. The van der Waals surface area contributed by atoms with Crippen molar-refractivity contribution in [2.75, 3.05) is 11.9 Å². The largest absolute Gasteiger partial charge is 0.481 e. The van der Waals surface area contributed by atoms with E-state index in [0.717, 1.165) is 0 Å². The Labute approximate surface area is 99.3 Å².